The van der Waals surface area contributed by atoms with E-state index < -0.39 is 0 Å². The fraction of sp³-hybridized carbons (Fsp3) is 0.286. The van der Waals surface area contributed by atoms with Crippen molar-refractivity contribution in [2.45, 2.75) is 19.5 Å². The largest absolute Gasteiger partial charge is 0.352 e. The molecule has 4 nitrogen and oxygen atoms in total. The van der Waals surface area contributed by atoms with Crippen molar-refractivity contribution < 1.29 is 4.39 Å². The summed E-state index contributed by atoms with van der Waals surface area (Å²) in [6.45, 7) is 2.32. The SMILES string of the molecule is N=C1c2cc(F)ccc2CN1CCCn1cccn1. The van der Waals surface area contributed by atoms with Crippen LogP contribution < -0.4 is 0 Å². The van der Waals surface area contributed by atoms with Gasteiger partial charge in [0.15, 0.2) is 0 Å². The van der Waals surface area contributed by atoms with E-state index in [4.69, 9.17) is 5.41 Å². The molecule has 19 heavy (non-hydrogen) atoms. The van der Waals surface area contributed by atoms with Crippen LogP contribution in [0.4, 0.5) is 4.39 Å². The Balaban J connectivity index is 1.61. The van der Waals surface area contributed by atoms with Gasteiger partial charge in [0.1, 0.15) is 11.7 Å². The molecular formula is C14H15FN4. The highest BCUT2D eigenvalue weighted by atomic mass is 19.1. The van der Waals surface area contributed by atoms with Crippen LogP contribution in [-0.4, -0.2) is 27.1 Å². The number of hydrogen-bond donors (Lipinski definition) is 1. The van der Waals surface area contributed by atoms with Crippen LogP contribution >= 0.6 is 0 Å². The lowest BCUT2D eigenvalue weighted by molar-refractivity contribution is 0.397. The van der Waals surface area contributed by atoms with Crippen molar-refractivity contribution in [3.05, 3.63) is 53.6 Å². The first kappa shape index (κ1) is 11.9. The van der Waals surface area contributed by atoms with Crippen molar-refractivity contribution in [2.75, 3.05) is 6.54 Å². The molecule has 2 heterocycles. The minimum Gasteiger partial charge on any atom is -0.352 e. The van der Waals surface area contributed by atoms with Gasteiger partial charge in [-0.05, 0) is 30.2 Å². The summed E-state index contributed by atoms with van der Waals surface area (Å²) in [6, 6.07) is 6.58. The van der Waals surface area contributed by atoms with Gasteiger partial charge in [-0.2, -0.15) is 5.10 Å². The summed E-state index contributed by atoms with van der Waals surface area (Å²) in [6.07, 6.45) is 4.61. The average Bonchev–Trinajstić information content (AvgIpc) is 3.00. The van der Waals surface area contributed by atoms with Gasteiger partial charge in [-0.3, -0.25) is 10.1 Å². The summed E-state index contributed by atoms with van der Waals surface area (Å²) in [5.41, 5.74) is 1.75. The summed E-state index contributed by atoms with van der Waals surface area (Å²) in [5.74, 6) is 0.150. The Kier molecular flexibility index (Phi) is 3.03. The first-order chi connectivity index (χ1) is 9.24. The minimum atomic E-state index is -0.276. The zero-order chi connectivity index (χ0) is 13.2. The van der Waals surface area contributed by atoms with Crippen LogP contribution in [0.3, 0.4) is 0 Å². The average molecular weight is 258 g/mol. The Labute approximate surface area is 111 Å². The second-order valence-electron chi connectivity index (χ2n) is 4.69. The van der Waals surface area contributed by atoms with Crippen molar-refractivity contribution in [1.82, 2.24) is 14.7 Å². The maximum Gasteiger partial charge on any atom is 0.128 e. The van der Waals surface area contributed by atoms with Gasteiger partial charge in [-0.15, -0.1) is 0 Å². The first-order valence-electron chi connectivity index (χ1n) is 6.34. The van der Waals surface area contributed by atoms with Gasteiger partial charge in [0, 0.05) is 37.6 Å². The fourth-order valence-corrected chi connectivity index (χ4v) is 2.41. The quantitative estimate of drug-likeness (QED) is 0.914. The van der Waals surface area contributed by atoms with Crippen LogP contribution in [0.15, 0.2) is 36.7 Å². The molecule has 0 aliphatic carbocycles. The van der Waals surface area contributed by atoms with Crippen LogP contribution in [0.5, 0.6) is 0 Å². The summed E-state index contributed by atoms with van der Waals surface area (Å²) >= 11 is 0. The van der Waals surface area contributed by atoms with Crippen molar-refractivity contribution in [2.24, 2.45) is 0 Å². The smallest absolute Gasteiger partial charge is 0.128 e. The molecule has 0 saturated carbocycles. The second kappa shape index (κ2) is 4.84. The van der Waals surface area contributed by atoms with Crippen molar-refractivity contribution >= 4 is 5.84 Å². The van der Waals surface area contributed by atoms with Crippen LogP contribution in [-0.2, 0) is 13.1 Å². The monoisotopic (exact) mass is 258 g/mol. The number of nitrogens with zero attached hydrogens (tertiary/aromatic N) is 3. The lowest BCUT2D eigenvalue weighted by Crippen LogP contribution is -2.25. The Morgan fingerprint density at radius 2 is 2.21 bits per heavy atom. The van der Waals surface area contributed by atoms with E-state index in [-0.39, 0.29) is 5.82 Å². The molecule has 0 saturated heterocycles. The zero-order valence-corrected chi connectivity index (χ0v) is 10.5. The topological polar surface area (TPSA) is 44.9 Å². The van der Waals surface area contributed by atoms with Crippen molar-refractivity contribution in [3.8, 4) is 0 Å². The standard InChI is InChI=1S/C14H15FN4/c15-12-4-3-11-10-18(14(16)13(11)9-12)6-2-8-19-7-1-5-17-19/h1,3-5,7,9,16H,2,6,8,10H2. The number of hydrogen-bond acceptors (Lipinski definition) is 2. The first-order valence-corrected chi connectivity index (χ1v) is 6.34. The normalized spacial score (nSPS) is 13.9. The lowest BCUT2D eigenvalue weighted by atomic mass is 10.1. The Bertz CT molecular complexity index is 591. The van der Waals surface area contributed by atoms with E-state index in [1.54, 1.807) is 12.3 Å². The van der Waals surface area contributed by atoms with Gasteiger partial charge in [-0.25, -0.2) is 4.39 Å². The molecule has 1 N–H and O–H groups in total. The van der Waals surface area contributed by atoms with Gasteiger partial charge in [0.2, 0.25) is 0 Å². The highest BCUT2D eigenvalue weighted by Gasteiger charge is 2.23. The number of aromatic nitrogens is 2. The third-order valence-electron chi connectivity index (χ3n) is 3.38. The predicted octanol–water partition coefficient (Wildman–Crippen LogP) is 2.25. The van der Waals surface area contributed by atoms with Gasteiger partial charge in [0.05, 0.1) is 0 Å². The molecule has 1 aliphatic rings. The molecule has 3 rings (SSSR count). The molecule has 1 aliphatic heterocycles. The Morgan fingerprint density at radius 1 is 1.32 bits per heavy atom. The van der Waals surface area contributed by atoms with Crippen molar-refractivity contribution in [3.63, 3.8) is 0 Å². The number of rotatable bonds is 4. The number of aryl methyl sites for hydroxylation is 1. The summed E-state index contributed by atoms with van der Waals surface area (Å²) < 4.78 is 15.1. The van der Waals surface area contributed by atoms with Crippen LogP contribution in [0.2, 0.25) is 0 Å². The van der Waals surface area contributed by atoms with E-state index >= 15 is 0 Å². The molecule has 5 heteroatoms. The molecule has 98 valence electrons. The molecule has 0 fully saturated rings. The summed E-state index contributed by atoms with van der Waals surface area (Å²) in [5, 5.41) is 12.2. The van der Waals surface area contributed by atoms with E-state index in [1.807, 2.05) is 21.8 Å². The minimum absolute atomic E-state index is 0.276. The Hall–Kier alpha value is -2.17. The number of benzene rings is 1. The molecule has 0 spiro atoms. The number of fused-ring (bicyclic) bond motifs is 1. The van der Waals surface area contributed by atoms with Gasteiger partial charge in [-0.1, -0.05) is 6.07 Å². The number of amidine groups is 1. The van der Waals surface area contributed by atoms with E-state index in [2.05, 4.69) is 5.10 Å². The molecular weight excluding hydrogens is 243 g/mol. The van der Waals surface area contributed by atoms with E-state index in [0.29, 0.717) is 12.4 Å². The van der Waals surface area contributed by atoms with Crippen molar-refractivity contribution in [1.29, 1.82) is 5.41 Å². The molecule has 2 aromatic rings. The predicted molar refractivity (Wildman–Crippen MR) is 70.5 cm³/mol. The number of halogens is 1. The molecule has 0 unspecified atom stereocenters. The van der Waals surface area contributed by atoms with Gasteiger partial charge >= 0.3 is 0 Å². The van der Waals surface area contributed by atoms with Crippen LogP contribution in [0.25, 0.3) is 0 Å². The number of nitrogens with one attached hydrogen (secondary N) is 1. The zero-order valence-electron chi connectivity index (χ0n) is 10.5. The second-order valence-corrected chi connectivity index (χ2v) is 4.69. The molecule has 0 atom stereocenters. The Morgan fingerprint density at radius 3 is 3.00 bits per heavy atom. The molecule has 0 bridgehead atoms. The van der Waals surface area contributed by atoms with E-state index in [1.165, 1.54) is 12.1 Å². The molecule has 0 amide bonds. The maximum atomic E-state index is 13.2. The summed E-state index contributed by atoms with van der Waals surface area (Å²) in [7, 11) is 0. The van der Waals surface area contributed by atoms with E-state index in [9.17, 15) is 4.39 Å². The fourth-order valence-electron chi connectivity index (χ4n) is 2.41. The summed E-state index contributed by atoms with van der Waals surface area (Å²) in [4.78, 5) is 1.98. The highest BCUT2D eigenvalue weighted by molar-refractivity contribution is 6.00. The molecule has 1 aromatic carbocycles. The third kappa shape index (κ3) is 2.36. The van der Waals surface area contributed by atoms with Gasteiger partial charge < -0.3 is 4.90 Å². The van der Waals surface area contributed by atoms with Crippen LogP contribution in [0.1, 0.15) is 17.5 Å². The highest BCUT2D eigenvalue weighted by Crippen LogP contribution is 2.23. The lowest BCUT2D eigenvalue weighted by Gasteiger charge is -2.17. The third-order valence-corrected chi connectivity index (χ3v) is 3.38. The van der Waals surface area contributed by atoms with Crippen LogP contribution in [0, 0.1) is 11.2 Å². The molecule has 1 aromatic heterocycles. The van der Waals surface area contributed by atoms with Gasteiger partial charge in [0.25, 0.3) is 0 Å². The molecule has 0 radical (unpaired) electrons. The van der Waals surface area contributed by atoms with E-state index in [0.717, 1.165) is 30.6 Å². The maximum absolute atomic E-state index is 13.2.